The number of nitrogens with zero attached hydrogens (tertiary/aromatic N) is 1. The van der Waals surface area contributed by atoms with E-state index < -0.39 is 6.04 Å². The fourth-order valence-electron chi connectivity index (χ4n) is 2.98. The highest BCUT2D eigenvalue weighted by atomic mass is 16.5. The minimum atomic E-state index is -0.569. The molecule has 0 saturated carbocycles. The molecule has 2 aromatic rings. The van der Waals surface area contributed by atoms with Gasteiger partial charge in [0.1, 0.15) is 11.8 Å². The number of hydrogen-bond acceptors (Lipinski definition) is 3. The standard InChI is InChI=1S/C24H32N2O3/c1-5-19(3)25-24(28)20(4)26(16-15-21-12-7-6-8-13-21)23(27)17-29-22-14-10-9-11-18(22)2/h6-14,19-20H,5,15-17H2,1-4H3,(H,25,28)/t19-,20+/m0/s1. The SMILES string of the molecule is CC[C@H](C)NC(=O)[C@@H](C)N(CCc1ccccc1)C(=O)COc1ccccc1C. The number of ether oxygens (including phenoxy) is 1. The molecule has 0 aliphatic rings. The monoisotopic (exact) mass is 396 g/mol. The van der Waals surface area contributed by atoms with Gasteiger partial charge in [0, 0.05) is 12.6 Å². The van der Waals surface area contributed by atoms with Crippen LogP contribution in [0, 0.1) is 6.92 Å². The van der Waals surface area contributed by atoms with Crippen LogP contribution in [0.15, 0.2) is 54.6 Å². The molecule has 156 valence electrons. The van der Waals surface area contributed by atoms with E-state index in [2.05, 4.69) is 5.32 Å². The molecular formula is C24H32N2O3. The van der Waals surface area contributed by atoms with Gasteiger partial charge in [-0.2, -0.15) is 0 Å². The largest absolute Gasteiger partial charge is 0.484 e. The first-order valence-corrected chi connectivity index (χ1v) is 10.2. The van der Waals surface area contributed by atoms with Crippen molar-refractivity contribution in [3.05, 3.63) is 65.7 Å². The zero-order valence-corrected chi connectivity index (χ0v) is 17.9. The number of aryl methyl sites for hydroxylation is 1. The zero-order valence-electron chi connectivity index (χ0n) is 17.9. The molecule has 29 heavy (non-hydrogen) atoms. The van der Waals surface area contributed by atoms with Gasteiger partial charge in [-0.25, -0.2) is 0 Å². The second kappa shape index (κ2) is 11.2. The lowest BCUT2D eigenvalue weighted by atomic mass is 10.1. The minimum Gasteiger partial charge on any atom is -0.484 e. The summed E-state index contributed by atoms with van der Waals surface area (Å²) in [5.74, 6) is 0.341. The maximum atomic E-state index is 13.0. The number of nitrogens with one attached hydrogen (secondary N) is 1. The molecule has 2 rings (SSSR count). The number of benzene rings is 2. The van der Waals surface area contributed by atoms with Gasteiger partial charge in [-0.3, -0.25) is 9.59 Å². The highest BCUT2D eigenvalue weighted by Gasteiger charge is 2.26. The van der Waals surface area contributed by atoms with Crippen molar-refractivity contribution in [3.63, 3.8) is 0 Å². The zero-order chi connectivity index (χ0) is 21.2. The molecule has 5 nitrogen and oxygen atoms in total. The summed E-state index contributed by atoms with van der Waals surface area (Å²) in [7, 11) is 0. The van der Waals surface area contributed by atoms with E-state index in [9.17, 15) is 9.59 Å². The molecule has 0 unspecified atom stereocenters. The molecule has 0 spiro atoms. The average molecular weight is 397 g/mol. The molecule has 5 heteroatoms. The van der Waals surface area contributed by atoms with Crippen LogP contribution in [0.25, 0.3) is 0 Å². The molecule has 0 aromatic heterocycles. The van der Waals surface area contributed by atoms with E-state index in [0.29, 0.717) is 18.7 Å². The summed E-state index contributed by atoms with van der Waals surface area (Å²) in [6, 6.07) is 17.0. The third-order valence-electron chi connectivity index (χ3n) is 5.10. The lowest BCUT2D eigenvalue weighted by Gasteiger charge is -2.29. The lowest BCUT2D eigenvalue weighted by molar-refractivity contribution is -0.141. The summed E-state index contributed by atoms with van der Waals surface area (Å²) in [5.41, 5.74) is 2.10. The Balaban J connectivity index is 2.08. The van der Waals surface area contributed by atoms with E-state index in [1.165, 1.54) is 0 Å². The molecule has 0 aliphatic carbocycles. The van der Waals surface area contributed by atoms with Gasteiger partial charge in [-0.1, -0.05) is 55.5 Å². The number of amides is 2. The van der Waals surface area contributed by atoms with Crippen LogP contribution in [0.3, 0.4) is 0 Å². The van der Waals surface area contributed by atoms with Crippen molar-refractivity contribution in [2.45, 2.75) is 52.6 Å². The Kier molecular flexibility index (Phi) is 8.71. The predicted octanol–water partition coefficient (Wildman–Crippen LogP) is 3.75. The Morgan fingerprint density at radius 2 is 1.69 bits per heavy atom. The van der Waals surface area contributed by atoms with Crippen LogP contribution >= 0.6 is 0 Å². The third kappa shape index (κ3) is 6.93. The highest BCUT2D eigenvalue weighted by Crippen LogP contribution is 2.16. The Morgan fingerprint density at radius 1 is 1.03 bits per heavy atom. The number of para-hydroxylation sites is 1. The molecule has 2 amide bonds. The highest BCUT2D eigenvalue weighted by molar-refractivity contribution is 5.88. The Bertz CT molecular complexity index is 792. The molecule has 0 bridgehead atoms. The molecule has 0 aliphatic heterocycles. The first-order chi connectivity index (χ1) is 13.9. The summed E-state index contributed by atoms with van der Waals surface area (Å²) >= 11 is 0. The Hall–Kier alpha value is -2.82. The molecule has 2 atom stereocenters. The smallest absolute Gasteiger partial charge is 0.261 e. The van der Waals surface area contributed by atoms with E-state index in [1.807, 2.05) is 75.4 Å². The normalized spacial score (nSPS) is 12.7. The Morgan fingerprint density at radius 3 is 2.34 bits per heavy atom. The first kappa shape index (κ1) is 22.5. The van der Waals surface area contributed by atoms with E-state index in [1.54, 1.807) is 11.8 Å². The van der Waals surface area contributed by atoms with Gasteiger partial charge >= 0.3 is 0 Å². The van der Waals surface area contributed by atoms with E-state index in [0.717, 1.165) is 17.5 Å². The predicted molar refractivity (Wildman–Crippen MR) is 116 cm³/mol. The van der Waals surface area contributed by atoms with Crippen LogP contribution in [0.2, 0.25) is 0 Å². The summed E-state index contributed by atoms with van der Waals surface area (Å²) < 4.78 is 5.74. The first-order valence-electron chi connectivity index (χ1n) is 10.2. The maximum absolute atomic E-state index is 13.0. The molecule has 0 heterocycles. The van der Waals surface area contributed by atoms with Crippen molar-refractivity contribution in [2.75, 3.05) is 13.2 Å². The minimum absolute atomic E-state index is 0.0687. The van der Waals surface area contributed by atoms with Crippen LogP contribution < -0.4 is 10.1 Å². The molecule has 0 saturated heterocycles. The van der Waals surface area contributed by atoms with Gasteiger partial charge in [-0.15, -0.1) is 0 Å². The Labute approximate surface area is 174 Å². The summed E-state index contributed by atoms with van der Waals surface area (Å²) in [5, 5.41) is 2.97. The topological polar surface area (TPSA) is 58.6 Å². The summed E-state index contributed by atoms with van der Waals surface area (Å²) in [4.78, 5) is 27.2. The second-order valence-corrected chi connectivity index (χ2v) is 7.37. The van der Waals surface area contributed by atoms with Crippen molar-refractivity contribution in [3.8, 4) is 5.75 Å². The van der Waals surface area contributed by atoms with Gasteiger partial charge in [0.15, 0.2) is 6.61 Å². The van der Waals surface area contributed by atoms with E-state index >= 15 is 0 Å². The number of rotatable bonds is 10. The van der Waals surface area contributed by atoms with Gasteiger partial charge in [0.25, 0.3) is 5.91 Å². The van der Waals surface area contributed by atoms with Crippen molar-refractivity contribution >= 4 is 11.8 Å². The molecule has 2 aromatic carbocycles. The van der Waals surface area contributed by atoms with Crippen LogP contribution in [0.5, 0.6) is 5.75 Å². The summed E-state index contributed by atoms with van der Waals surface area (Å²) in [6.45, 7) is 8.05. The third-order valence-corrected chi connectivity index (χ3v) is 5.10. The van der Waals surface area contributed by atoms with Crippen LogP contribution in [0.4, 0.5) is 0 Å². The van der Waals surface area contributed by atoms with Crippen molar-refractivity contribution in [1.82, 2.24) is 10.2 Å². The fraction of sp³-hybridized carbons (Fsp3) is 0.417. The fourth-order valence-corrected chi connectivity index (χ4v) is 2.98. The van der Waals surface area contributed by atoms with Crippen molar-refractivity contribution in [1.29, 1.82) is 0 Å². The van der Waals surface area contributed by atoms with Crippen molar-refractivity contribution in [2.24, 2.45) is 0 Å². The molecule has 0 fully saturated rings. The van der Waals surface area contributed by atoms with Crippen LogP contribution in [-0.2, 0) is 16.0 Å². The van der Waals surface area contributed by atoms with Crippen LogP contribution in [-0.4, -0.2) is 41.9 Å². The molecular weight excluding hydrogens is 364 g/mol. The van der Waals surface area contributed by atoms with Gasteiger partial charge in [-0.05, 0) is 50.8 Å². The number of carbonyl (C=O) groups is 2. The van der Waals surface area contributed by atoms with Crippen molar-refractivity contribution < 1.29 is 14.3 Å². The molecule has 0 radical (unpaired) electrons. The number of hydrogen-bond donors (Lipinski definition) is 1. The molecule has 1 N–H and O–H groups in total. The van der Waals surface area contributed by atoms with Gasteiger partial charge in [0.2, 0.25) is 5.91 Å². The second-order valence-electron chi connectivity index (χ2n) is 7.37. The van der Waals surface area contributed by atoms with Gasteiger partial charge in [0.05, 0.1) is 0 Å². The average Bonchev–Trinajstić information content (AvgIpc) is 2.73. The lowest BCUT2D eigenvalue weighted by Crippen LogP contribution is -2.51. The van der Waals surface area contributed by atoms with Gasteiger partial charge < -0.3 is 15.0 Å². The van der Waals surface area contributed by atoms with E-state index in [4.69, 9.17) is 4.74 Å². The number of carbonyl (C=O) groups excluding carboxylic acids is 2. The maximum Gasteiger partial charge on any atom is 0.261 e. The summed E-state index contributed by atoms with van der Waals surface area (Å²) in [6.07, 6.45) is 1.52. The quantitative estimate of drug-likeness (QED) is 0.665. The van der Waals surface area contributed by atoms with E-state index in [-0.39, 0.29) is 24.5 Å². The van der Waals surface area contributed by atoms with Crippen LogP contribution in [0.1, 0.15) is 38.3 Å².